The van der Waals surface area contributed by atoms with E-state index in [1.807, 2.05) is 12.1 Å². The Balaban J connectivity index is 1.52. The van der Waals surface area contributed by atoms with Gasteiger partial charge in [0.2, 0.25) is 0 Å². The van der Waals surface area contributed by atoms with Crippen LogP contribution in [0.1, 0.15) is 0 Å². The van der Waals surface area contributed by atoms with E-state index in [0.717, 1.165) is 39.3 Å². The van der Waals surface area contributed by atoms with Gasteiger partial charge >= 0.3 is 0 Å². The van der Waals surface area contributed by atoms with Crippen molar-refractivity contribution < 1.29 is 4.42 Å². The Kier molecular flexibility index (Phi) is 3.30. The van der Waals surface area contributed by atoms with E-state index in [0.29, 0.717) is 0 Å². The molecule has 4 nitrogen and oxygen atoms in total. The van der Waals surface area contributed by atoms with E-state index in [9.17, 15) is 0 Å². The van der Waals surface area contributed by atoms with E-state index in [1.54, 1.807) is 0 Å². The van der Waals surface area contributed by atoms with Crippen molar-refractivity contribution in [3.63, 3.8) is 0 Å². The maximum absolute atomic E-state index is 6.28. The molecule has 0 spiro atoms. The molecule has 0 radical (unpaired) electrons. The fourth-order valence-corrected chi connectivity index (χ4v) is 6.18. The molecule has 168 valence electrons. The fourth-order valence-electron chi connectivity index (χ4n) is 6.18. The predicted molar refractivity (Wildman–Crippen MR) is 149 cm³/mol. The maximum Gasteiger partial charge on any atom is 0.162 e. The average molecular weight is 462 g/mol. The van der Waals surface area contributed by atoms with Gasteiger partial charge in [-0.3, -0.25) is 4.40 Å². The molecule has 36 heavy (non-hydrogen) atoms. The normalized spacial score (nSPS) is 16.8. The summed E-state index contributed by atoms with van der Waals surface area (Å²) in [5.74, 6) is 0.966. The second kappa shape index (κ2) is 6.43. The molecule has 1 unspecified atom stereocenters. The third kappa shape index (κ3) is 2.22. The van der Waals surface area contributed by atoms with Crippen molar-refractivity contribution in [3.05, 3.63) is 103 Å². The number of nitrogens with zero attached hydrogens (tertiary/aromatic N) is 2. The number of para-hydroxylation sites is 1. The van der Waals surface area contributed by atoms with E-state index >= 15 is 0 Å². The molecule has 2 aliphatic rings. The van der Waals surface area contributed by atoms with Crippen molar-refractivity contribution in [2.75, 3.05) is 5.32 Å². The molecule has 9 rings (SSSR count). The highest BCUT2D eigenvalue weighted by molar-refractivity contribution is 6.31. The van der Waals surface area contributed by atoms with Gasteiger partial charge in [0, 0.05) is 26.9 Å². The van der Waals surface area contributed by atoms with E-state index < -0.39 is 0 Å². The predicted octanol–water partition coefficient (Wildman–Crippen LogP) is 8.24. The number of anilines is 1. The number of allylic oxidation sites excluding steroid dienone is 2. The number of rotatable bonds is 1. The Morgan fingerprint density at radius 2 is 1.61 bits per heavy atom. The summed E-state index contributed by atoms with van der Waals surface area (Å²) in [5, 5.41) is 9.75. The lowest BCUT2D eigenvalue weighted by molar-refractivity contribution is 0.669. The van der Waals surface area contributed by atoms with Gasteiger partial charge in [-0.1, -0.05) is 66.8 Å². The second-order valence-corrected chi connectivity index (χ2v) is 9.65. The Morgan fingerprint density at radius 3 is 2.56 bits per heavy atom. The molecule has 4 aromatic carbocycles. The lowest BCUT2D eigenvalue weighted by Gasteiger charge is -2.23. The molecule has 4 heteroatoms. The van der Waals surface area contributed by atoms with Gasteiger partial charge in [0.25, 0.3) is 0 Å². The largest absolute Gasteiger partial charge is 0.456 e. The molecule has 0 bridgehead atoms. The van der Waals surface area contributed by atoms with Crippen molar-refractivity contribution in [1.29, 1.82) is 0 Å². The molecule has 1 aliphatic carbocycles. The molecule has 7 aromatic rings. The monoisotopic (exact) mass is 461 g/mol. The van der Waals surface area contributed by atoms with Gasteiger partial charge in [0.15, 0.2) is 5.82 Å². The number of hydrogen-bond acceptors (Lipinski definition) is 3. The molecule has 1 N–H and O–H groups in total. The Labute approximate surface area is 205 Å². The number of hydrogen-bond donors (Lipinski definition) is 1. The third-order valence-corrected chi connectivity index (χ3v) is 7.71. The quantitative estimate of drug-likeness (QED) is 0.267. The zero-order valence-corrected chi connectivity index (χ0v) is 19.2. The molecular formula is C32H19N3O. The molecule has 3 aromatic heterocycles. The van der Waals surface area contributed by atoms with Crippen LogP contribution in [0.15, 0.2) is 113 Å². The van der Waals surface area contributed by atoms with Crippen molar-refractivity contribution in [2.45, 2.75) is 6.04 Å². The highest BCUT2D eigenvalue weighted by Gasteiger charge is 2.29. The number of fused-ring (bicyclic) bond motifs is 11. The standard InChI is InChI=1S/C32H19N3O/c1-2-8-18(9-3-1)19-16-21-28-25(14-15-27-29(28)20-10-4-7-13-26(20)36-27)35-31(21)22(17-19)30-32(35)34-24-12-6-5-11-23(24)33-30/h1-17,23,33H. The highest BCUT2D eigenvalue weighted by Crippen LogP contribution is 2.50. The molecule has 1 atom stereocenters. The summed E-state index contributed by atoms with van der Waals surface area (Å²) in [4.78, 5) is 5.20. The van der Waals surface area contributed by atoms with Crippen LogP contribution in [0.3, 0.4) is 0 Å². The van der Waals surface area contributed by atoms with Gasteiger partial charge in [-0.2, -0.15) is 0 Å². The topological polar surface area (TPSA) is 41.9 Å². The van der Waals surface area contributed by atoms with E-state index in [2.05, 4.69) is 101 Å². The van der Waals surface area contributed by atoms with E-state index in [-0.39, 0.29) is 6.04 Å². The van der Waals surface area contributed by atoms with Crippen molar-refractivity contribution in [1.82, 2.24) is 4.40 Å². The van der Waals surface area contributed by atoms with Gasteiger partial charge in [-0.25, -0.2) is 4.99 Å². The van der Waals surface area contributed by atoms with E-state index in [1.165, 1.54) is 38.2 Å². The SMILES string of the molecule is C1=CC2=Nc3c(c4cc(-c5ccccc5)cc5c6c7c(ccc6n3c45)oc3ccccc37)NC2C=C1. The van der Waals surface area contributed by atoms with Gasteiger partial charge in [0.05, 0.1) is 28.5 Å². The first kappa shape index (κ1) is 18.5. The zero-order valence-electron chi connectivity index (χ0n) is 19.2. The summed E-state index contributed by atoms with van der Waals surface area (Å²) in [7, 11) is 0. The zero-order chi connectivity index (χ0) is 23.4. The summed E-state index contributed by atoms with van der Waals surface area (Å²) in [5.41, 5.74) is 8.73. The van der Waals surface area contributed by atoms with Crippen LogP contribution in [-0.2, 0) is 0 Å². The maximum atomic E-state index is 6.28. The highest BCUT2D eigenvalue weighted by atomic mass is 16.3. The molecule has 0 fully saturated rings. The number of aliphatic imine (C=N–C) groups is 1. The molecule has 4 heterocycles. The minimum atomic E-state index is 0.0876. The van der Waals surface area contributed by atoms with Crippen LogP contribution in [0.5, 0.6) is 0 Å². The van der Waals surface area contributed by atoms with Crippen LogP contribution in [0.2, 0.25) is 0 Å². The fraction of sp³-hybridized carbons (Fsp3) is 0.0312. The molecule has 1 aliphatic heterocycles. The molecule has 0 saturated carbocycles. The molecule has 0 saturated heterocycles. The Bertz CT molecular complexity index is 2120. The van der Waals surface area contributed by atoms with Gasteiger partial charge < -0.3 is 9.73 Å². The molecular weight excluding hydrogens is 442 g/mol. The van der Waals surface area contributed by atoms with Crippen molar-refractivity contribution >= 4 is 66.3 Å². The average Bonchev–Trinajstić information content (AvgIpc) is 3.58. The minimum Gasteiger partial charge on any atom is -0.456 e. The minimum absolute atomic E-state index is 0.0876. The summed E-state index contributed by atoms with van der Waals surface area (Å²) in [6.07, 6.45) is 8.42. The summed E-state index contributed by atoms with van der Waals surface area (Å²) < 4.78 is 8.62. The van der Waals surface area contributed by atoms with Crippen LogP contribution in [0.25, 0.3) is 60.3 Å². The van der Waals surface area contributed by atoms with Crippen LogP contribution < -0.4 is 5.32 Å². The summed E-state index contributed by atoms with van der Waals surface area (Å²) >= 11 is 0. The van der Waals surface area contributed by atoms with Crippen LogP contribution in [0.4, 0.5) is 11.5 Å². The second-order valence-electron chi connectivity index (χ2n) is 9.65. The first-order chi connectivity index (χ1) is 17.8. The van der Waals surface area contributed by atoms with Gasteiger partial charge in [-0.15, -0.1) is 0 Å². The van der Waals surface area contributed by atoms with Gasteiger partial charge in [0.1, 0.15) is 11.2 Å². The molecule has 0 amide bonds. The number of nitrogens with one attached hydrogen (secondary N) is 1. The lowest BCUT2D eigenvalue weighted by atomic mass is 9.98. The van der Waals surface area contributed by atoms with Gasteiger partial charge in [-0.05, 0) is 47.5 Å². The first-order valence-electron chi connectivity index (χ1n) is 12.3. The number of furan rings is 1. The summed E-state index contributed by atoms with van der Waals surface area (Å²) in [6.45, 7) is 0. The Morgan fingerprint density at radius 1 is 0.750 bits per heavy atom. The van der Waals surface area contributed by atoms with E-state index in [4.69, 9.17) is 9.41 Å². The van der Waals surface area contributed by atoms with Crippen molar-refractivity contribution in [2.24, 2.45) is 4.99 Å². The number of aromatic nitrogens is 1. The first-order valence-corrected chi connectivity index (χ1v) is 12.3. The van der Waals surface area contributed by atoms with Crippen LogP contribution in [0, 0.1) is 0 Å². The van der Waals surface area contributed by atoms with Crippen LogP contribution in [-0.4, -0.2) is 16.2 Å². The third-order valence-electron chi connectivity index (χ3n) is 7.71. The van der Waals surface area contributed by atoms with Crippen LogP contribution >= 0.6 is 0 Å². The Hall–Kier alpha value is -4.83. The lowest BCUT2D eigenvalue weighted by Crippen LogP contribution is -2.29. The summed E-state index contributed by atoms with van der Waals surface area (Å²) in [6, 6.07) is 28.0. The smallest absolute Gasteiger partial charge is 0.162 e. The van der Waals surface area contributed by atoms with Crippen molar-refractivity contribution in [3.8, 4) is 11.1 Å². The number of benzene rings is 4.